The number of hydrogen-bond acceptors (Lipinski definition) is 5. The van der Waals surface area contributed by atoms with Crippen molar-refractivity contribution in [3.8, 4) is 0 Å². The summed E-state index contributed by atoms with van der Waals surface area (Å²) in [5.41, 5.74) is 2.27. The van der Waals surface area contributed by atoms with Crippen molar-refractivity contribution < 1.29 is 4.79 Å². The lowest BCUT2D eigenvalue weighted by Gasteiger charge is -2.19. The zero-order valence-corrected chi connectivity index (χ0v) is 17.2. The minimum atomic E-state index is -0.0106. The van der Waals surface area contributed by atoms with Crippen LogP contribution < -0.4 is 10.2 Å². The van der Waals surface area contributed by atoms with Gasteiger partial charge in [-0.2, -0.15) is 0 Å². The van der Waals surface area contributed by atoms with Gasteiger partial charge in [0.25, 0.3) is 0 Å². The molecular weight excluding hydrogens is 382 g/mol. The number of H-pyrrole nitrogens is 1. The van der Waals surface area contributed by atoms with Crippen molar-refractivity contribution in [3.63, 3.8) is 0 Å². The molecule has 0 unspecified atom stereocenters. The molecule has 0 saturated carbocycles. The second kappa shape index (κ2) is 11.1. The Morgan fingerprint density at radius 2 is 1.83 bits per heavy atom. The quantitative estimate of drug-likeness (QED) is 0.396. The number of nitrogens with one attached hydrogen (secondary N) is 2. The molecule has 1 amide bonds. The summed E-state index contributed by atoms with van der Waals surface area (Å²) in [6.07, 6.45) is 4.72. The largest absolute Gasteiger partial charge is 0.375 e. The van der Waals surface area contributed by atoms with Crippen molar-refractivity contribution >= 4 is 35.5 Å². The Morgan fingerprint density at radius 3 is 2.59 bits per heavy atom. The van der Waals surface area contributed by atoms with E-state index in [1.807, 2.05) is 60.7 Å². The van der Waals surface area contributed by atoms with E-state index in [9.17, 15) is 4.79 Å². The average molecular weight is 408 g/mol. The highest BCUT2D eigenvalue weighted by Gasteiger charge is 2.07. The van der Waals surface area contributed by atoms with Crippen molar-refractivity contribution in [1.82, 2.24) is 20.5 Å². The highest BCUT2D eigenvalue weighted by Crippen LogP contribution is 2.13. The molecule has 2 aromatic carbocycles. The number of amides is 1. The van der Waals surface area contributed by atoms with Crippen LogP contribution in [0, 0.1) is 0 Å². The maximum Gasteiger partial charge on any atom is 0.230 e. The van der Waals surface area contributed by atoms with Crippen molar-refractivity contribution in [2.24, 2.45) is 0 Å². The van der Waals surface area contributed by atoms with Gasteiger partial charge in [-0.1, -0.05) is 66.4 Å². The molecule has 29 heavy (non-hydrogen) atoms. The molecule has 2 N–H and O–H groups in total. The van der Waals surface area contributed by atoms with Crippen LogP contribution in [0.2, 0.25) is 0 Å². The SMILES string of the molecule is CN(CCCNC(=O)CSc1n[nH]c(/C=C/c2ccccc2)n1)c1ccccc1. The standard InChI is InChI=1S/C22H25N5OS/c1-27(19-11-6-3-7-12-19)16-8-15-23-21(28)17-29-22-24-20(25-26-22)14-13-18-9-4-2-5-10-18/h2-7,9-14H,8,15-17H2,1H3,(H,23,28)(H,24,25,26)/b14-13+. The molecule has 1 heterocycles. The average Bonchev–Trinajstić information content (AvgIpc) is 3.23. The number of nitrogens with zero attached hydrogens (tertiary/aromatic N) is 3. The number of aromatic amines is 1. The number of anilines is 1. The van der Waals surface area contributed by atoms with Crippen LogP contribution in [-0.4, -0.2) is 47.0 Å². The summed E-state index contributed by atoms with van der Waals surface area (Å²) in [5, 5.41) is 10.5. The molecule has 3 aromatic rings. The monoisotopic (exact) mass is 407 g/mol. The Kier molecular flexibility index (Phi) is 7.89. The van der Waals surface area contributed by atoms with E-state index < -0.39 is 0 Å². The van der Waals surface area contributed by atoms with Gasteiger partial charge < -0.3 is 10.2 Å². The van der Waals surface area contributed by atoms with Gasteiger partial charge in [0, 0.05) is 25.8 Å². The lowest BCUT2D eigenvalue weighted by Crippen LogP contribution is -2.29. The van der Waals surface area contributed by atoms with Crippen LogP contribution in [-0.2, 0) is 4.79 Å². The molecule has 0 spiro atoms. The molecule has 0 aliphatic carbocycles. The molecule has 0 saturated heterocycles. The summed E-state index contributed by atoms with van der Waals surface area (Å²) < 4.78 is 0. The Hall–Kier alpha value is -3.06. The zero-order chi connectivity index (χ0) is 20.3. The van der Waals surface area contributed by atoms with E-state index in [1.165, 1.54) is 17.4 Å². The fourth-order valence-electron chi connectivity index (χ4n) is 2.67. The first-order valence-electron chi connectivity index (χ1n) is 9.52. The maximum absolute atomic E-state index is 12.0. The number of thioether (sulfide) groups is 1. The van der Waals surface area contributed by atoms with Gasteiger partial charge in [-0.25, -0.2) is 4.98 Å². The lowest BCUT2D eigenvalue weighted by atomic mass is 10.2. The molecule has 0 radical (unpaired) electrons. The Balaban J connectivity index is 1.33. The van der Waals surface area contributed by atoms with Crippen LogP contribution in [0.4, 0.5) is 5.69 Å². The first-order chi connectivity index (χ1) is 14.2. The molecule has 0 aliphatic heterocycles. The number of para-hydroxylation sites is 1. The predicted octanol–water partition coefficient (Wildman–Crippen LogP) is 3.71. The molecule has 150 valence electrons. The predicted molar refractivity (Wildman–Crippen MR) is 120 cm³/mol. The van der Waals surface area contributed by atoms with Gasteiger partial charge >= 0.3 is 0 Å². The van der Waals surface area contributed by atoms with Gasteiger partial charge in [-0.15, -0.1) is 5.10 Å². The maximum atomic E-state index is 12.0. The second-order valence-electron chi connectivity index (χ2n) is 6.50. The third-order valence-corrected chi connectivity index (χ3v) is 5.08. The fourth-order valence-corrected chi connectivity index (χ4v) is 3.31. The van der Waals surface area contributed by atoms with Crippen molar-refractivity contribution in [3.05, 3.63) is 72.1 Å². The Labute approximate surface area is 175 Å². The van der Waals surface area contributed by atoms with Crippen molar-refractivity contribution in [1.29, 1.82) is 0 Å². The van der Waals surface area contributed by atoms with Gasteiger partial charge in [0.2, 0.25) is 11.1 Å². The minimum absolute atomic E-state index is 0.0106. The second-order valence-corrected chi connectivity index (χ2v) is 7.44. The molecule has 0 atom stereocenters. The summed E-state index contributed by atoms with van der Waals surface area (Å²) >= 11 is 1.32. The van der Waals surface area contributed by atoms with E-state index in [0.717, 1.165) is 18.5 Å². The molecule has 7 heteroatoms. The van der Waals surface area contributed by atoms with Gasteiger partial charge in [-0.05, 0) is 30.2 Å². The fraction of sp³-hybridized carbons (Fsp3) is 0.227. The van der Waals surface area contributed by atoms with Crippen LogP contribution in [0.15, 0.2) is 65.8 Å². The number of hydrogen-bond donors (Lipinski definition) is 2. The van der Waals surface area contributed by atoms with Crippen LogP contribution >= 0.6 is 11.8 Å². The number of aromatic nitrogens is 3. The van der Waals surface area contributed by atoms with E-state index in [-0.39, 0.29) is 5.91 Å². The summed E-state index contributed by atoms with van der Waals surface area (Å²) in [4.78, 5) is 18.6. The third kappa shape index (κ3) is 7.12. The highest BCUT2D eigenvalue weighted by molar-refractivity contribution is 7.99. The minimum Gasteiger partial charge on any atom is -0.375 e. The van der Waals surface area contributed by atoms with Gasteiger partial charge in [0.15, 0.2) is 0 Å². The molecule has 1 aromatic heterocycles. The summed E-state index contributed by atoms with van der Waals surface area (Å²) in [7, 11) is 2.06. The smallest absolute Gasteiger partial charge is 0.230 e. The number of carbonyl (C=O) groups excluding carboxylic acids is 1. The molecule has 3 rings (SSSR count). The molecular formula is C22H25N5OS. The van der Waals surface area contributed by atoms with E-state index in [0.29, 0.717) is 23.3 Å². The van der Waals surface area contributed by atoms with Crippen LogP contribution in [0.5, 0.6) is 0 Å². The first-order valence-corrected chi connectivity index (χ1v) is 10.5. The topological polar surface area (TPSA) is 73.9 Å². The van der Waals surface area contributed by atoms with Crippen LogP contribution in [0.25, 0.3) is 12.2 Å². The van der Waals surface area contributed by atoms with E-state index in [4.69, 9.17) is 0 Å². The molecule has 6 nitrogen and oxygen atoms in total. The van der Waals surface area contributed by atoms with Gasteiger partial charge in [0.1, 0.15) is 5.82 Å². The van der Waals surface area contributed by atoms with E-state index >= 15 is 0 Å². The van der Waals surface area contributed by atoms with E-state index in [1.54, 1.807) is 0 Å². The Morgan fingerprint density at radius 1 is 1.10 bits per heavy atom. The summed E-state index contributed by atoms with van der Waals surface area (Å²) in [5.74, 6) is 0.957. The summed E-state index contributed by atoms with van der Waals surface area (Å²) in [6, 6.07) is 20.2. The van der Waals surface area contributed by atoms with Crippen LogP contribution in [0.3, 0.4) is 0 Å². The van der Waals surface area contributed by atoms with Gasteiger partial charge in [0.05, 0.1) is 5.75 Å². The normalized spacial score (nSPS) is 10.9. The number of rotatable bonds is 10. The third-order valence-electron chi connectivity index (χ3n) is 4.24. The molecule has 0 bridgehead atoms. The highest BCUT2D eigenvalue weighted by atomic mass is 32.2. The first kappa shape index (κ1) is 20.7. The van der Waals surface area contributed by atoms with E-state index in [2.05, 4.69) is 44.6 Å². The van der Waals surface area contributed by atoms with Gasteiger partial charge in [-0.3, -0.25) is 9.89 Å². The zero-order valence-electron chi connectivity index (χ0n) is 16.4. The Bertz CT molecular complexity index is 911. The number of carbonyl (C=O) groups is 1. The van der Waals surface area contributed by atoms with Crippen molar-refractivity contribution in [2.45, 2.75) is 11.6 Å². The van der Waals surface area contributed by atoms with Crippen LogP contribution in [0.1, 0.15) is 17.8 Å². The molecule has 0 fully saturated rings. The molecule has 0 aliphatic rings. The summed E-state index contributed by atoms with van der Waals surface area (Å²) in [6.45, 7) is 1.53. The lowest BCUT2D eigenvalue weighted by molar-refractivity contribution is -0.118. The number of benzene rings is 2. The van der Waals surface area contributed by atoms with Crippen molar-refractivity contribution in [2.75, 3.05) is 30.8 Å².